The molecule has 0 aromatic heterocycles. The fraction of sp³-hybridized carbons (Fsp3) is 0.222. The topological polar surface area (TPSA) is 71.1 Å². The number of Topliss-reactive ketones (excluding diaryl/α,β-unsaturated/α-hetero) is 1. The zero-order chi connectivity index (χ0) is 18.4. The summed E-state index contributed by atoms with van der Waals surface area (Å²) in [6.07, 6.45) is 0. The molecule has 132 valence electrons. The monoisotopic (exact) mass is 348 g/mol. The maximum Gasteiger partial charge on any atom is 0.342 e. The van der Waals surface area contributed by atoms with Crippen molar-refractivity contribution < 1.29 is 32.9 Å². The van der Waals surface area contributed by atoms with Gasteiger partial charge < -0.3 is 18.9 Å². The molecule has 2 aromatic carbocycles. The van der Waals surface area contributed by atoms with E-state index in [1.54, 1.807) is 0 Å². The number of halogens is 1. The average molecular weight is 348 g/mol. The Labute approximate surface area is 144 Å². The molecule has 6 nitrogen and oxygen atoms in total. The predicted octanol–water partition coefficient (Wildman–Crippen LogP) is 2.89. The van der Waals surface area contributed by atoms with Crippen LogP contribution in [0.2, 0.25) is 0 Å². The molecule has 2 rings (SSSR count). The summed E-state index contributed by atoms with van der Waals surface area (Å²) in [5, 5.41) is 0. The predicted molar refractivity (Wildman–Crippen MR) is 87.1 cm³/mol. The molecule has 0 bridgehead atoms. The second-order valence-electron chi connectivity index (χ2n) is 4.86. The Morgan fingerprint density at radius 2 is 1.56 bits per heavy atom. The van der Waals surface area contributed by atoms with Crippen LogP contribution >= 0.6 is 0 Å². The number of hydrogen-bond donors (Lipinski definition) is 0. The van der Waals surface area contributed by atoms with E-state index in [2.05, 4.69) is 0 Å². The quantitative estimate of drug-likeness (QED) is 0.566. The highest BCUT2D eigenvalue weighted by Crippen LogP contribution is 2.39. The van der Waals surface area contributed by atoms with Crippen LogP contribution in [0.5, 0.6) is 17.2 Å². The Bertz CT molecular complexity index is 787. The van der Waals surface area contributed by atoms with Gasteiger partial charge in [0.05, 0.1) is 26.9 Å². The van der Waals surface area contributed by atoms with Crippen molar-refractivity contribution in [2.45, 2.75) is 0 Å². The summed E-state index contributed by atoms with van der Waals surface area (Å²) in [7, 11) is 4.21. The maximum atomic E-state index is 13.6. The fourth-order valence-corrected chi connectivity index (χ4v) is 2.24. The van der Waals surface area contributed by atoms with Gasteiger partial charge in [0, 0.05) is 0 Å². The third-order valence-electron chi connectivity index (χ3n) is 3.43. The van der Waals surface area contributed by atoms with Crippen LogP contribution in [-0.4, -0.2) is 39.7 Å². The number of hydrogen-bond acceptors (Lipinski definition) is 6. The first-order valence-electron chi connectivity index (χ1n) is 7.27. The molecule has 0 aliphatic rings. The van der Waals surface area contributed by atoms with Crippen LogP contribution in [0, 0.1) is 5.82 Å². The molecule has 0 atom stereocenters. The van der Waals surface area contributed by atoms with Gasteiger partial charge in [-0.15, -0.1) is 0 Å². The summed E-state index contributed by atoms with van der Waals surface area (Å²) in [5.74, 6) is -1.41. The van der Waals surface area contributed by atoms with Crippen molar-refractivity contribution >= 4 is 11.8 Å². The van der Waals surface area contributed by atoms with Gasteiger partial charge in [-0.1, -0.05) is 12.1 Å². The van der Waals surface area contributed by atoms with Gasteiger partial charge >= 0.3 is 5.97 Å². The Morgan fingerprint density at radius 1 is 0.880 bits per heavy atom. The lowest BCUT2D eigenvalue weighted by Gasteiger charge is -2.15. The zero-order valence-electron chi connectivity index (χ0n) is 14.0. The molecule has 2 aromatic rings. The molecule has 0 aliphatic heterocycles. The highest BCUT2D eigenvalue weighted by Gasteiger charge is 2.23. The van der Waals surface area contributed by atoms with Gasteiger partial charge in [0.1, 0.15) is 11.4 Å². The molecule has 0 aliphatic carbocycles. The van der Waals surface area contributed by atoms with E-state index in [1.807, 2.05) is 0 Å². The fourth-order valence-electron chi connectivity index (χ4n) is 2.24. The van der Waals surface area contributed by atoms with Crippen LogP contribution in [0.3, 0.4) is 0 Å². The lowest BCUT2D eigenvalue weighted by atomic mass is 10.1. The summed E-state index contributed by atoms with van der Waals surface area (Å²) in [5.41, 5.74) is -0.0870. The van der Waals surface area contributed by atoms with E-state index >= 15 is 0 Å². The Morgan fingerprint density at radius 3 is 2.16 bits per heavy atom. The van der Waals surface area contributed by atoms with Crippen LogP contribution in [0.15, 0.2) is 36.4 Å². The minimum atomic E-state index is -0.803. The van der Waals surface area contributed by atoms with E-state index in [4.69, 9.17) is 18.9 Å². The van der Waals surface area contributed by atoms with Crippen molar-refractivity contribution in [1.82, 2.24) is 0 Å². The van der Waals surface area contributed by atoms with E-state index in [-0.39, 0.29) is 22.6 Å². The van der Waals surface area contributed by atoms with Gasteiger partial charge in [-0.3, -0.25) is 4.79 Å². The molecule has 0 saturated heterocycles. The summed E-state index contributed by atoms with van der Waals surface area (Å²) >= 11 is 0. The third-order valence-corrected chi connectivity index (χ3v) is 3.43. The van der Waals surface area contributed by atoms with E-state index in [1.165, 1.54) is 51.7 Å². The first kappa shape index (κ1) is 18.3. The van der Waals surface area contributed by atoms with Crippen LogP contribution < -0.4 is 14.2 Å². The summed E-state index contributed by atoms with van der Waals surface area (Å²) in [6.45, 7) is -0.600. The molecule has 0 radical (unpaired) electrons. The molecule has 0 unspecified atom stereocenters. The number of ether oxygens (including phenoxy) is 4. The van der Waals surface area contributed by atoms with Crippen LogP contribution in [-0.2, 0) is 4.74 Å². The van der Waals surface area contributed by atoms with Crippen molar-refractivity contribution in [3.8, 4) is 17.2 Å². The molecule has 0 fully saturated rings. The maximum absolute atomic E-state index is 13.6. The van der Waals surface area contributed by atoms with Crippen LogP contribution in [0.25, 0.3) is 0 Å². The summed E-state index contributed by atoms with van der Waals surface area (Å²) < 4.78 is 34.1. The van der Waals surface area contributed by atoms with E-state index in [0.717, 1.165) is 6.07 Å². The molecule has 0 heterocycles. The minimum Gasteiger partial charge on any atom is -0.493 e. The van der Waals surface area contributed by atoms with Gasteiger partial charge in [-0.2, -0.15) is 0 Å². The smallest absolute Gasteiger partial charge is 0.342 e. The summed E-state index contributed by atoms with van der Waals surface area (Å²) in [6, 6.07) is 8.41. The van der Waals surface area contributed by atoms with Gasteiger partial charge in [0.25, 0.3) is 0 Å². The molecule has 0 spiro atoms. The second-order valence-corrected chi connectivity index (χ2v) is 4.86. The molecule has 0 saturated carbocycles. The van der Waals surface area contributed by atoms with E-state index in [0.29, 0.717) is 5.75 Å². The van der Waals surface area contributed by atoms with Crippen molar-refractivity contribution in [3.05, 3.63) is 53.3 Å². The van der Waals surface area contributed by atoms with Crippen molar-refractivity contribution in [2.75, 3.05) is 27.9 Å². The van der Waals surface area contributed by atoms with E-state index < -0.39 is 24.2 Å². The highest BCUT2D eigenvalue weighted by atomic mass is 19.1. The standard InChI is InChI=1S/C18H17FO6/c1-22-15-9-8-12(16(23-2)17(15)24-3)18(21)25-10-14(20)11-6-4-5-7-13(11)19/h4-9H,10H2,1-3H3. The first-order chi connectivity index (χ1) is 12.0. The van der Waals surface area contributed by atoms with Crippen molar-refractivity contribution in [2.24, 2.45) is 0 Å². The van der Waals surface area contributed by atoms with Crippen LogP contribution in [0.1, 0.15) is 20.7 Å². The Kier molecular flexibility index (Phi) is 5.94. The lowest BCUT2D eigenvalue weighted by Crippen LogP contribution is -2.16. The highest BCUT2D eigenvalue weighted by molar-refractivity contribution is 6.00. The number of benzene rings is 2. The van der Waals surface area contributed by atoms with Gasteiger partial charge in [0.15, 0.2) is 18.1 Å². The Balaban J connectivity index is 2.19. The number of carbonyl (C=O) groups is 2. The lowest BCUT2D eigenvalue weighted by molar-refractivity contribution is 0.0469. The molecule has 7 heteroatoms. The third kappa shape index (κ3) is 3.88. The largest absolute Gasteiger partial charge is 0.493 e. The summed E-state index contributed by atoms with van der Waals surface area (Å²) in [4.78, 5) is 24.3. The number of ketones is 1. The number of esters is 1. The van der Waals surface area contributed by atoms with Crippen LogP contribution in [0.4, 0.5) is 4.39 Å². The van der Waals surface area contributed by atoms with Gasteiger partial charge in [0.2, 0.25) is 11.5 Å². The number of methoxy groups -OCH3 is 3. The average Bonchev–Trinajstić information content (AvgIpc) is 2.64. The Hall–Kier alpha value is -3.09. The minimum absolute atomic E-state index is 0.0569. The normalized spacial score (nSPS) is 10.1. The van der Waals surface area contributed by atoms with Gasteiger partial charge in [-0.25, -0.2) is 9.18 Å². The molecule has 25 heavy (non-hydrogen) atoms. The number of carbonyl (C=O) groups excluding carboxylic acids is 2. The molecular weight excluding hydrogens is 331 g/mol. The molecule has 0 N–H and O–H groups in total. The first-order valence-corrected chi connectivity index (χ1v) is 7.27. The molecular formula is C18H17FO6. The zero-order valence-corrected chi connectivity index (χ0v) is 14.0. The second kappa shape index (κ2) is 8.14. The molecule has 0 amide bonds. The van der Waals surface area contributed by atoms with Crippen molar-refractivity contribution in [3.63, 3.8) is 0 Å². The van der Waals surface area contributed by atoms with E-state index in [9.17, 15) is 14.0 Å². The SMILES string of the molecule is COc1ccc(C(=O)OCC(=O)c2ccccc2F)c(OC)c1OC. The number of rotatable bonds is 7. The van der Waals surface area contributed by atoms with Crippen molar-refractivity contribution in [1.29, 1.82) is 0 Å². The van der Waals surface area contributed by atoms with Gasteiger partial charge in [-0.05, 0) is 24.3 Å².